The fourth-order valence-corrected chi connectivity index (χ4v) is 4.07. The number of aromatic nitrogens is 8. The summed E-state index contributed by atoms with van der Waals surface area (Å²) in [4.78, 5) is 30.2. The summed E-state index contributed by atoms with van der Waals surface area (Å²) in [6, 6.07) is 1.94. The maximum atomic E-state index is 4.93. The molecule has 0 radical (unpaired) electrons. The molecule has 10 heteroatoms. The zero-order valence-electron chi connectivity index (χ0n) is 16.9. The van der Waals surface area contributed by atoms with Crippen LogP contribution in [-0.4, -0.2) is 78.2 Å². The average molecular weight is 412 g/mol. The highest BCUT2D eigenvalue weighted by atomic mass is 15.3. The van der Waals surface area contributed by atoms with Gasteiger partial charge in [0.25, 0.3) is 0 Å². The van der Waals surface area contributed by atoms with Gasteiger partial charge in [-0.25, -0.2) is 15.0 Å². The van der Waals surface area contributed by atoms with Crippen molar-refractivity contribution in [3.63, 3.8) is 0 Å². The van der Waals surface area contributed by atoms with Crippen LogP contribution in [0.15, 0.2) is 43.4 Å². The van der Waals surface area contributed by atoms with Crippen LogP contribution in [0.4, 0.5) is 5.69 Å². The quantitative estimate of drug-likeness (QED) is 0.463. The number of fused-ring (bicyclic) bond motifs is 2. The zero-order chi connectivity index (χ0) is 20.8. The monoisotopic (exact) mass is 412 g/mol. The van der Waals surface area contributed by atoms with Crippen LogP contribution in [0.3, 0.4) is 0 Å². The molecule has 5 aromatic heterocycles. The highest BCUT2D eigenvalue weighted by Gasteiger charge is 2.21. The minimum atomic E-state index is 0.724. The second-order valence-corrected chi connectivity index (χ2v) is 7.71. The summed E-state index contributed by atoms with van der Waals surface area (Å²) in [5.74, 6) is 0.724. The van der Waals surface area contributed by atoms with Crippen molar-refractivity contribution in [3.8, 4) is 22.8 Å². The van der Waals surface area contributed by atoms with Crippen LogP contribution in [-0.2, 0) is 0 Å². The van der Waals surface area contributed by atoms with E-state index >= 15 is 0 Å². The van der Waals surface area contributed by atoms with E-state index in [1.165, 1.54) is 6.33 Å². The van der Waals surface area contributed by atoms with Gasteiger partial charge in [0.1, 0.15) is 28.7 Å². The largest absolute Gasteiger partial charge is 0.366 e. The van der Waals surface area contributed by atoms with Gasteiger partial charge in [-0.3, -0.25) is 15.1 Å². The maximum absolute atomic E-state index is 4.93. The van der Waals surface area contributed by atoms with Crippen molar-refractivity contribution in [2.24, 2.45) is 0 Å². The van der Waals surface area contributed by atoms with E-state index in [0.29, 0.717) is 0 Å². The predicted molar refractivity (Wildman–Crippen MR) is 118 cm³/mol. The van der Waals surface area contributed by atoms with Crippen molar-refractivity contribution in [1.29, 1.82) is 0 Å². The molecule has 6 rings (SSSR count). The number of rotatable bonds is 3. The number of hydrogen-bond acceptors (Lipinski definition) is 8. The lowest BCUT2D eigenvalue weighted by molar-refractivity contribution is 0.313. The van der Waals surface area contributed by atoms with E-state index in [9.17, 15) is 0 Å². The first-order valence-electron chi connectivity index (χ1n) is 10.1. The fraction of sp³-hybridized carbons (Fsp3) is 0.238. The minimum Gasteiger partial charge on any atom is -0.366 e. The van der Waals surface area contributed by atoms with E-state index in [4.69, 9.17) is 4.98 Å². The molecular formula is C21H20N10. The zero-order valence-corrected chi connectivity index (χ0v) is 16.9. The van der Waals surface area contributed by atoms with Gasteiger partial charge in [-0.15, -0.1) is 0 Å². The standard InChI is InChI=1S/C21H20N10/c1-30-4-6-31(7-5-30)16-11-22-10-15-20(16)27-21(26-15)19-14-2-3-25-17(18(14)28-29-19)13-8-23-12-24-9-13/h2-3,8-12H,4-7H2,1H3,(H,26,27)(H,28,29). The molecule has 1 aliphatic rings. The van der Waals surface area contributed by atoms with Gasteiger partial charge >= 0.3 is 0 Å². The third kappa shape index (κ3) is 2.99. The van der Waals surface area contributed by atoms with Crippen molar-refractivity contribution in [2.75, 3.05) is 38.1 Å². The molecule has 1 aliphatic heterocycles. The maximum Gasteiger partial charge on any atom is 0.157 e. The molecule has 154 valence electrons. The van der Waals surface area contributed by atoms with Crippen LogP contribution in [0.5, 0.6) is 0 Å². The minimum absolute atomic E-state index is 0.724. The summed E-state index contributed by atoms with van der Waals surface area (Å²) in [5.41, 5.74) is 6.00. The Hall–Kier alpha value is -3.92. The number of piperazine rings is 1. The van der Waals surface area contributed by atoms with Gasteiger partial charge < -0.3 is 14.8 Å². The molecule has 0 atom stereocenters. The summed E-state index contributed by atoms with van der Waals surface area (Å²) in [6.07, 6.45) is 10.5. The van der Waals surface area contributed by atoms with Crippen LogP contribution in [0, 0.1) is 0 Å². The molecule has 2 N–H and O–H groups in total. The van der Waals surface area contributed by atoms with Gasteiger partial charge in [0.15, 0.2) is 5.82 Å². The SMILES string of the molecule is CN1CCN(c2cncc3[nH]c(-c4[nH]nc5c(-c6cncnc6)nccc45)nc23)CC1. The lowest BCUT2D eigenvalue weighted by atomic mass is 10.1. The second-order valence-electron chi connectivity index (χ2n) is 7.71. The Morgan fingerprint density at radius 1 is 0.935 bits per heavy atom. The molecule has 0 saturated carbocycles. The number of aromatic amines is 2. The van der Waals surface area contributed by atoms with Crippen LogP contribution in [0.1, 0.15) is 0 Å². The molecule has 10 nitrogen and oxygen atoms in total. The number of likely N-dealkylation sites (N-methyl/N-ethyl adjacent to an activating group) is 1. The predicted octanol–water partition coefficient (Wildman–Crippen LogP) is 2.10. The number of nitrogens with one attached hydrogen (secondary N) is 2. The molecule has 0 aromatic carbocycles. The van der Waals surface area contributed by atoms with Crippen LogP contribution < -0.4 is 4.90 Å². The Labute approximate surface area is 177 Å². The molecule has 0 unspecified atom stereocenters. The Morgan fingerprint density at radius 2 is 1.77 bits per heavy atom. The van der Waals surface area contributed by atoms with Gasteiger partial charge in [0.2, 0.25) is 0 Å². The third-order valence-electron chi connectivity index (χ3n) is 5.76. The summed E-state index contributed by atoms with van der Waals surface area (Å²) in [5, 5.41) is 8.60. The van der Waals surface area contributed by atoms with E-state index in [0.717, 1.165) is 76.6 Å². The molecule has 5 aromatic rings. The molecule has 0 aliphatic carbocycles. The first-order valence-corrected chi connectivity index (χ1v) is 10.1. The highest BCUT2D eigenvalue weighted by Crippen LogP contribution is 2.32. The van der Waals surface area contributed by atoms with Gasteiger partial charge in [-0.2, -0.15) is 5.10 Å². The number of hydrogen-bond donors (Lipinski definition) is 2. The molecule has 0 bridgehead atoms. The van der Waals surface area contributed by atoms with Gasteiger partial charge in [0, 0.05) is 55.7 Å². The average Bonchev–Trinajstić information content (AvgIpc) is 3.44. The molecule has 0 amide bonds. The Morgan fingerprint density at radius 3 is 2.61 bits per heavy atom. The van der Waals surface area contributed by atoms with Crippen molar-refractivity contribution >= 4 is 27.6 Å². The molecule has 1 fully saturated rings. The second kappa shape index (κ2) is 7.10. The highest BCUT2D eigenvalue weighted by molar-refractivity contribution is 6.00. The molecule has 6 heterocycles. The summed E-state index contributed by atoms with van der Waals surface area (Å²) < 4.78 is 0. The number of nitrogens with zero attached hydrogens (tertiary/aromatic N) is 8. The normalized spacial score (nSPS) is 15.2. The molecule has 31 heavy (non-hydrogen) atoms. The van der Waals surface area contributed by atoms with Crippen molar-refractivity contribution < 1.29 is 0 Å². The summed E-state index contributed by atoms with van der Waals surface area (Å²) in [7, 11) is 2.15. The Kier molecular flexibility index (Phi) is 4.10. The van der Waals surface area contributed by atoms with Crippen molar-refractivity contribution in [2.45, 2.75) is 0 Å². The Balaban J connectivity index is 1.45. The number of anilines is 1. The smallest absolute Gasteiger partial charge is 0.157 e. The van der Waals surface area contributed by atoms with Gasteiger partial charge in [-0.1, -0.05) is 0 Å². The van der Waals surface area contributed by atoms with Gasteiger partial charge in [0.05, 0.1) is 23.6 Å². The van der Waals surface area contributed by atoms with Crippen LogP contribution in [0.25, 0.3) is 44.7 Å². The number of pyridine rings is 2. The van der Waals surface area contributed by atoms with E-state index in [-0.39, 0.29) is 0 Å². The fourth-order valence-electron chi connectivity index (χ4n) is 4.07. The number of H-pyrrole nitrogens is 2. The van der Waals surface area contributed by atoms with E-state index in [1.807, 2.05) is 18.5 Å². The Bertz CT molecular complexity index is 1370. The first kappa shape index (κ1) is 17.9. The summed E-state index contributed by atoms with van der Waals surface area (Å²) >= 11 is 0. The third-order valence-corrected chi connectivity index (χ3v) is 5.76. The number of imidazole rings is 1. The molecular weight excluding hydrogens is 392 g/mol. The molecule has 1 saturated heterocycles. The topological polar surface area (TPSA) is 115 Å². The van der Waals surface area contributed by atoms with E-state index < -0.39 is 0 Å². The lowest BCUT2D eigenvalue weighted by Crippen LogP contribution is -2.44. The summed E-state index contributed by atoms with van der Waals surface area (Å²) in [6.45, 7) is 3.97. The van der Waals surface area contributed by atoms with E-state index in [2.05, 4.69) is 52.0 Å². The van der Waals surface area contributed by atoms with Crippen molar-refractivity contribution in [3.05, 3.63) is 43.4 Å². The first-order chi connectivity index (χ1) is 15.3. The van der Waals surface area contributed by atoms with E-state index in [1.54, 1.807) is 18.6 Å². The molecule has 0 spiro atoms. The lowest BCUT2D eigenvalue weighted by Gasteiger charge is -2.33. The van der Waals surface area contributed by atoms with Gasteiger partial charge in [-0.05, 0) is 13.1 Å². The van der Waals surface area contributed by atoms with Crippen LogP contribution in [0.2, 0.25) is 0 Å². The van der Waals surface area contributed by atoms with Crippen LogP contribution >= 0.6 is 0 Å². The van der Waals surface area contributed by atoms with Crippen molar-refractivity contribution in [1.82, 2.24) is 45.0 Å².